The van der Waals surface area contributed by atoms with E-state index < -0.39 is 23.8 Å². The molecule has 0 aliphatic carbocycles. The number of piperidine rings is 1. The van der Waals surface area contributed by atoms with Crippen LogP contribution in [0, 0.1) is 0 Å². The molecule has 0 saturated carbocycles. The number of aliphatic imine (C=N–C) groups is 1. The molecule has 0 aromatic heterocycles. The van der Waals surface area contributed by atoms with Gasteiger partial charge in [0.1, 0.15) is 23.8 Å². The van der Waals surface area contributed by atoms with Crippen molar-refractivity contribution in [2.75, 3.05) is 19.7 Å². The van der Waals surface area contributed by atoms with Crippen LogP contribution in [0.25, 0.3) is 0 Å². The summed E-state index contributed by atoms with van der Waals surface area (Å²) < 4.78 is 17.1. The first kappa shape index (κ1) is 31.5. The van der Waals surface area contributed by atoms with Crippen molar-refractivity contribution in [1.29, 1.82) is 0 Å². The van der Waals surface area contributed by atoms with Crippen LogP contribution >= 0.6 is 0 Å². The lowest BCUT2D eigenvalue weighted by Gasteiger charge is -2.32. The predicted octanol–water partition coefficient (Wildman–Crippen LogP) is 4.76. The summed E-state index contributed by atoms with van der Waals surface area (Å²) in [5.74, 6) is 5.71. The molecule has 1 amide bonds. The number of nitrogens with two attached hydrogens (primary N) is 2. The maximum absolute atomic E-state index is 13.0. The number of amidine groups is 1. The quantitative estimate of drug-likeness (QED) is 0.150. The third-order valence-electron chi connectivity index (χ3n) is 6.86. The Kier molecular flexibility index (Phi) is 10.7. The molecule has 0 unspecified atom stereocenters. The van der Waals surface area contributed by atoms with Crippen molar-refractivity contribution in [2.45, 2.75) is 57.5 Å². The predicted molar refractivity (Wildman–Crippen MR) is 163 cm³/mol. The van der Waals surface area contributed by atoms with Crippen LogP contribution in [-0.2, 0) is 19.1 Å². The standard InChI is InChI=1S/C33H40N4O6/c1-33(2,3)42-32(39)37-20-18-26(19-21-37)36-30(34)25-14-16-27(17-15-25)40-22-28(43-35)31(38)41-29(23-10-6-4-7-11-23)24-12-8-5-9-13-24/h4-17,26,28-29H,18-22,35H2,1-3H3,(H2,34,36)/t28-/m0/s1. The first-order valence-corrected chi connectivity index (χ1v) is 14.3. The van der Waals surface area contributed by atoms with Gasteiger partial charge in [-0.2, -0.15) is 0 Å². The van der Waals surface area contributed by atoms with Gasteiger partial charge in [0.15, 0.2) is 6.10 Å². The molecule has 1 atom stereocenters. The van der Waals surface area contributed by atoms with Gasteiger partial charge in [0.05, 0.1) is 6.04 Å². The lowest BCUT2D eigenvalue weighted by atomic mass is 10.0. The Bertz CT molecular complexity index is 1310. The van der Waals surface area contributed by atoms with E-state index in [0.717, 1.165) is 16.7 Å². The molecule has 1 heterocycles. The molecule has 228 valence electrons. The zero-order valence-corrected chi connectivity index (χ0v) is 24.8. The van der Waals surface area contributed by atoms with Crippen molar-refractivity contribution < 1.29 is 28.6 Å². The smallest absolute Gasteiger partial charge is 0.410 e. The monoisotopic (exact) mass is 588 g/mol. The number of ether oxygens (including phenoxy) is 3. The van der Waals surface area contributed by atoms with Crippen molar-refractivity contribution in [1.82, 2.24) is 4.90 Å². The molecule has 0 bridgehead atoms. The van der Waals surface area contributed by atoms with Crippen LogP contribution in [0.2, 0.25) is 0 Å². The molecule has 1 fully saturated rings. The van der Waals surface area contributed by atoms with Crippen molar-refractivity contribution in [3.63, 3.8) is 0 Å². The highest BCUT2D eigenvalue weighted by Crippen LogP contribution is 2.27. The van der Waals surface area contributed by atoms with Crippen LogP contribution < -0.4 is 16.4 Å². The average Bonchev–Trinajstić information content (AvgIpc) is 3.01. The normalized spacial score (nSPS) is 15.2. The second-order valence-corrected chi connectivity index (χ2v) is 11.3. The van der Waals surface area contributed by atoms with Gasteiger partial charge in [0, 0.05) is 18.7 Å². The van der Waals surface area contributed by atoms with Crippen molar-refractivity contribution in [3.8, 4) is 5.75 Å². The summed E-state index contributed by atoms with van der Waals surface area (Å²) >= 11 is 0. The summed E-state index contributed by atoms with van der Waals surface area (Å²) in [5, 5.41) is 0. The van der Waals surface area contributed by atoms with Gasteiger partial charge in [0.25, 0.3) is 0 Å². The van der Waals surface area contributed by atoms with Gasteiger partial charge in [-0.1, -0.05) is 60.7 Å². The summed E-state index contributed by atoms with van der Waals surface area (Å²) in [6.45, 7) is 6.54. The van der Waals surface area contributed by atoms with Gasteiger partial charge in [0.2, 0.25) is 6.10 Å². The number of benzene rings is 3. The summed E-state index contributed by atoms with van der Waals surface area (Å²) in [4.78, 5) is 36.6. The molecule has 43 heavy (non-hydrogen) atoms. The van der Waals surface area contributed by atoms with E-state index in [2.05, 4.69) is 4.99 Å². The Balaban J connectivity index is 1.30. The lowest BCUT2D eigenvalue weighted by Crippen LogP contribution is -2.42. The van der Waals surface area contributed by atoms with Crippen molar-refractivity contribution in [2.24, 2.45) is 16.6 Å². The molecule has 3 aromatic rings. The minimum Gasteiger partial charge on any atom is -0.490 e. The molecule has 1 aliphatic heterocycles. The zero-order chi connectivity index (χ0) is 30.8. The Morgan fingerprint density at radius 3 is 1.98 bits per heavy atom. The van der Waals surface area contributed by atoms with E-state index in [1.165, 1.54) is 0 Å². The van der Waals surface area contributed by atoms with Gasteiger partial charge in [-0.05, 0) is 69.0 Å². The topological polar surface area (TPSA) is 139 Å². The van der Waals surface area contributed by atoms with Gasteiger partial charge in [-0.3, -0.25) is 9.83 Å². The largest absolute Gasteiger partial charge is 0.490 e. The van der Waals surface area contributed by atoms with E-state index in [9.17, 15) is 9.59 Å². The molecule has 10 nitrogen and oxygen atoms in total. The molecule has 3 aromatic carbocycles. The van der Waals surface area contributed by atoms with E-state index in [1.54, 1.807) is 29.2 Å². The fourth-order valence-electron chi connectivity index (χ4n) is 4.61. The fraction of sp³-hybridized carbons (Fsp3) is 0.364. The van der Waals surface area contributed by atoms with E-state index in [-0.39, 0.29) is 18.7 Å². The van der Waals surface area contributed by atoms with Crippen LogP contribution in [-0.4, -0.2) is 60.2 Å². The molecule has 0 spiro atoms. The number of hydrogen-bond donors (Lipinski definition) is 2. The Morgan fingerprint density at radius 1 is 0.907 bits per heavy atom. The number of amides is 1. The Morgan fingerprint density at radius 2 is 1.47 bits per heavy atom. The van der Waals surface area contributed by atoms with Crippen molar-refractivity contribution >= 4 is 17.9 Å². The number of carbonyl (C=O) groups excluding carboxylic acids is 2. The van der Waals surface area contributed by atoms with Crippen LogP contribution in [0.1, 0.15) is 56.4 Å². The number of rotatable bonds is 10. The third-order valence-corrected chi connectivity index (χ3v) is 6.86. The summed E-state index contributed by atoms with van der Waals surface area (Å²) in [5.41, 5.74) is 8.14. The molecule has 0 radical (unpaired) electrons. The molecule has 1 saturated heterocycles. The second-order valence-electron chi connectivity index (χ2n) is 11.3. The van der Waals surface area contributed by atoms with Crippen molar-refractivity contribution in [3.05, 3.63) is 102 Å². The minimum atomic E-state index is -1.15. The molecular formula is C33H40N4O6. The zero-order valence-electron chi connectivity index (χ0n) is 24.8. The first-order chi connectivity index (χ1) is 20.6. The number of carbonyl (C=O) groups is 2. The van der Waals surface area contributed by atoms with E-state index in [1.807, 2.05) is 81.4 Å². The highest BCUT2D eigenvalue weighted by molar-refractivity contribution is 5.97. The first-order valence-electron chi connectivity index (χ1n) is 14.3. The molecular weight excluding hydrogens is 548 g/mol. The van der Waals surface area contributed by atoms with Gasteiger partial charge in [-0.15, -0.1) is 0 Å². The highest BCUT2D eigenvalue weighted by Gasteiger charge is 2.28. The highest BCUT2D eigenvalue weighted by atomic mass is 16.7. The van der Waals surface area contributed by atoms with Crippen LogP contribution in [0.5, 0.6) is 5.75 Å². The third kappa shape index (κ3) is 9.29. The summed E-state index contributed by atoms with van der Waals surface area (Å²) in [6.07, 6.45) is -0.673. The van der Waals surface area contributed by atoms with Crippen LogP contribution in [0.3, 0.4) is 0 Å². The van der Waals surface area contributed by atoms with E-state index in [4.69, 9.17) is 30.7 Å². The van der Waals surface area contributed by atoms with E-state index >= 15 is 0 Å². The van der Waals surface area contributed by atoms with Gasteiger partial charge < -0.3 is 24.8 Å². The van der Waals surface area contributed by atoms with E-state index in [0.29, 0.717) is 37.5 Å². The minimum absolute atomic E-state index is 0.0127. The maximum Gasteiger partial charge on any atom is 0.410 e. The van der Waals surface area contributed by atoms with Gasteiger partial charge in [-0.25, -0.2) is 15.5 Å². The maximum atomic E-state index is 13.0. The van der Waals surface area contributed by atoms with Crippen LogP contribution in [0.4, 0.5) is 4.79 Å². The molecule has 10 heteroatoms. The Hall–Kier alpha value is -4.41. The Labute approximate surface area is 252 Å². The molecule has 1 aliphatic rings. The molecule has 4 N–H and O–H groups in total. The summed E-state index contributed by atoms with van der Waals surface area (Å²) in [7, 11) is 0. The SMILES string of the molecule is CC(C)(C)OC(=O)N1CCC(N=C(N)c2ccc(OC[C@H](ON)C(=O)OC(c3ccccc3)c3ccccc3)cc2)CC1. The molecule has 4 rings (SSSR count). The average molecular weight is 589 g/mol. The van der Waals surface area contributed by atoms with Gasteiger partial charge >= 0.3 is 12.1 Å². The lowest BCUT2D eigenvalue weighted by molar-refractivity contribution is -0.163. The number of likely N-dealkylation sites (tertiary alicyclic amines) is 1. The summed E-state index contributed by atoms with van der Waals surface area (Å²) in [6, 6.07) is 26.0. The van der Waals surface area contributed by atoms with Crippen LogP contribution in [0.15, 0.2) is 89.9 Å². The number of esters is 1. The number of hydrogen-bond acceptors (Lipinski definition) is 8. The number of nitrogens with zero attached hydrogens (tertiary/aromatic N) is 2. The fourth-order valence-corrected chi connectivity index (χ4v) is 4.61. The second kappa shape index (κ2) is 14.7.